The zero-order valence-electron chi connectivity index (χ0n) is 12.4. The number of carbonyl (C=O) groups is 3. The minimum absolute atomic E-state index is 0.0970. The topological polar surface area (TPSA) is 63.7 Å². The lowest BCUT2D eigenvalue weighted by Crippen LogP contribution is -2.29. The summed E-state index contributed by atoms with van der Waals surface area (Å²) in [5.74, 6) is -1.57. The van der Waals surface area contributed by atoms with Crippen LogP contribution in [0.15, 0.2) is 24.3 Å². The molecule has 0 N–H and O–H groups in total. The second kappa shape index (κ2) is 6.50. The van der Waals surface area contributed by atoms with Gasteiger partial charge in [-0.25, -0.2) is 4.90 Å². The number of amides is 2. The van der Waals surface area contributed by atoms with Crippen molar-refractivity contribution in [3.05, 3.63) is 55.5 Å². The number of hydrogen-bond acceptors (Lipinski definition) is 4. The van der Waals surface area contributed by atoms with Gasteiger partial charge in [0.25, 0.3) is 11.8 Å². The van der Waals surface area contributed by atoms with Crippen molar-refractivity contribution in [2.24, 2.45) is 0 Å². The third-order valence-corrected chi connectivity index (χ3v) is 5.26. The molecule has 2 aromatic carbocycles. The lowest BCUT2D eigenvalue weighted by atomic mass is 10.1. The number of fused-ring (bicyclic) bond motifs is 1. The highest BCUT2D eigenvalue weighted by Crippen LogP contribution is 2.45. The van der Waals surface area contributed by atoms with E-state index in [1.807, 2.05) is 0 Å². The summed E-state index contributed by atoms with van der Waals surface area (Å²) in [4.78, 5) is 37.2. The average Bonchev–Trinajstić information content (AvgIpc) is 2.82. The number of nitrogens with zero attached hydrogens (tertiary/aromatic N) is 1. The Morgan fingerprint density at radius 1 is 0.840 bits per heavy atom. The molecule has 0 radical (unpaired) electrons. The van der Waals surface area contributed by atoms with Gasteiger partial charge in [0.2, 0.25) is 0 Å². The molecule has 3 rings (SSSR count). The average molecular weight is 419 g/mol. The molecule has 1 aliphatic heterocycles. The molecular weight excluding hydrogens is 412 g/mol. The molecule has 0 fully saturated rings. The first-order chi connectivity index (χ1) is 11.7. The van der Waals surface area contributed by atoms with Gasteiger partial charge in [0.1, 0.15) is 5.75 Å². The van der Waals surface area contributed by atoms with Gasteiger partial charge in [-0.05, 0) is 24.3 Å². The molecule has 0 saturated carbocycles. The molecule has 0 atom stereocenters. The normalized spacial score (nSPS) is 13.2. The monoisotopic (exact) mass is 417 g/mol. The fourth-order valence-electron chi connectivity index (χ4n) is 2.41. The molecule has 9 heteroatoms. The van der Waals surface area contributed by atoms with Crippen LogP contribution in [-0.4, -0.2) is 17.8 Å². The standard InChI is InChI=1S/C16H7Cl4NO4/c1-6(22)25-8-4-2-7(3-5-8)21-15(23)9-10(16(21)24)12(18)14(20)13(19)11(9)17/h2-5H,1H3. The van der Waals surface area contributed by atoms with Crippen LogP contribution in [0.5, 0.6) is 5.75 Å². The number of halogens is 4. The maximum absolute atomic E-state index is 12.7. The summed E-state index contributed by atoms with van der Waals surface area (Å²) in [6.45, 7) is 1.26. The van der Waals surface area contributed by atoms with Crippen LogP contribution in [0, 0.1) is 0 Å². The SMILES string of the molecule is CC(=O)Oc1ccc(N2C(=O)c3c(Cl)c(Cl)c(Cl)c(Cl)c3C2=O)cc1. The Morgan fingerprint density at radius 3 is 1.68 bits per heavy atom. The van der Waals surface area contributed by atoms with E-state index in [1.165, 1.54) is 31.2 Å². The summed E-state index contributed by atoms with van der Waals surface area (Å²) in [6.07, 6.45) is 0. The Hall–Kier alpha value is -1.79. The van der Waals surface area contributed by atoms with Gasteiger partial charge in [-0.1, -0.05) is 46.4 Å². The van der Waals surface area contributed by atoms with Gasteiger partial charge in [0.15, 0.2) is 0 Å². The fourth-order valence-corrected chi connectivity index (χ4v) is 3.43. The van der Waals surface area contributed by atoms with E-state index >= 15 is 0 Å². The lowest BCUT2D eigenvalue weighted by molar-refractivity contribution is -0.131. The number of benzene rings is 2. The van der Waals surface area contributed by atoms with E-state index in [0.717, 1.165) is 4.90 Å². The van der Waals surface area contributed by atoms with Crippen LogP contribution >= 0.6 is 46.4 Å². The molecule has 0 aliphatic carbocycles. The number of imide groups is 1. The van der Waals surface area contributed by atoms with Gasteiger partial charge in [0, 0.05) is 6.92 Å². The molecule has 5 nitrogen and oxygen atoms in total. The highest BCUT2D eigenvalue weighted by Gasteiger charge is 2.42. The van der Waals surface area contributed by atoms with Gasteiger partial charge in [-0.3, -0.25) is 14.4 Å². The highest BCUT2D eigenvalue weighted by atomic mass is 35.5. The molecular formula is C16H7Cl4NO4. The van der Waals surface area contributed by atoms with Crippen molar-refractivity contribution >= 4 is 69.9 Å². The van der Waals surface area contributed by atoms with E-state index < -0.39 is 17.8 Å². The van der Waals surface area contributed by atoms with Gasteiger partial charge in [0.05, 0.1) is 36.9 Å². The maximum atomic E-state index is 12.7. The smallest absolute Gasteiger partial charge is 0.308 e. The predicted octanol–water partition coefficient (Wildman–Crippen LogP) is 5.03. The minimum atomic E-state index is -0.675. The Kier molecular flexibility index (Phi) is 4.68. The van der Waals surface area contributed by atoms with Gasteiger partial charge >= 0.3 is 5.97 Å². The van der Waals surface area contributed by atoms with Crippen LogP contribution in [0.2, 0.25) is 20.1 Å². The number of carbonyl (C=O) groups excluding carboxylic acids is 3. The quantitative estimate of drug-likeness (QED) is 0.225. The van der Waals surface area contributed by atoms with Crippen LogP contribution in [0.3, 0.4) is 0 Å². The van der Waals surface area contributed by atoms with E-state index in [9.17, 15) is 14.4 Å². The second-order valence-corrected chi connectivity index (χ2v) is 6.55. The maximum Gasteiger partial charge on any atom is 0.308 e. The van der Waals surface area contributed by atoms with Gasteiger partial charge < -0.3 is 4.74 Å². The summed E-state index contributed by atoms with van der Waals surface area (Å²) < 4.78 is 4.91. The van der Waals surface area contributed by atoms with Crippen molar-refractivity contribution in [3.63, 3.8) is 0 Å². The van der Waals surface area contributed by atoms with Crippen molar-refractivity contribution in [3.8, 4) is 5.75 Å². The molecule has 1 heterocycles. The molecule has 1 aliphatic rings. The molecule has 2 amide bonds. The largest absolute Gasteiger partial charge is 0.427 e. The van der Waals surface area contributed by atoms with Crippen molar-refractivity contribution in [1.29, 1.82) is 0 Å². The molecule has 0 bridgehead atoms. The number of rotatable bonds is 2. The van der Waals surface area contributed by atoms with Crippen LogP contribution in [0.25, 0.3) is 0 Å². The molecule has 0 aromatic heterocycles. The fraction of sp³-hybridized carbons (Fsp3) is 0.0625. The summed E-state index contributed by atoms with van der Waals surface area (Å²) in [5.41, 5.74) is 0.0479. The van der Waals surface area contributed by atoms with Crippen LogP contribution in [-0.2, 0) is 4.79 Å². The van der Waals surface area contributed by atoms with Crippen molar-refractivity contribution in [2.75, 3.05) is 4.90 Å². The number of hydrogen-bond donors (Lipinski definition) is 0. The van der Waals surface area contributed by atoms with Crippen LogP contribution in [0.1, 0.15) is 27.6 Å². The summed E-state index contributed by atoms with van der Waals surface area (Å²) in [6, 6.07) is 5.79. The summed E-state index contributed by atoms with van der Waals surface area (Å²) >= 11 is 24.1. The number of ether oxygens (including phenoxy) is 1. The van der Waals surface area contributed by atoms with Crippen molar-refractivity contribution in [2.45, 2.75) is 6.92 Å². The zero-order valence-corrected chi connectivity index (χ0v) is 15.4. The molecule has 128 valence electrons. The molecule has 0 saturated heterocycles. The van der Waals surface area contributed by atoms with Gasteiger partial charge in [-0.15, -0.1) is 0 Å². The van der Waals surface area contributed by atoms with Crippen LogP contribution in [0.4, 0.5) is 5.69 Å². The minimum Gasteiger partial charge on any atom is -0.427 e. The first-order valence-electron chi connectivity index (χ1n) is 6.77. The zero-order chi connectivity index (χ0) is 18.5. The van der Waals surface area contributed by atoms with E-state index in [2.05, 4.69) is 0 Å². The third kappa shape index (κ3) is 2.87. The Bertz CT molecular complexity index is 893. The first-order valence-corrected chi connectivity index (χ1v) is 8.28. The van der Waals surface area contributed by atoms with Crippen molar-refractivity contribution in [1.82, 2.24) is 0 Å². The Labute approximate surface area is 162 Å². The summed E-state index contributed by atoms with van der Waals surface area (Å²) in [7, 11) is 0. The first kappa shape index (κ1) is 18.0. The third-order valence-electron chi connectivity index (χ3n) is 3.46. The van der Waals surface area contributed by atoms with E-state index in [0.29, 0.717) is 0 Å². The second-order valence-electron chi connectivity index (χ2n) is 5.04. The number of esters is 1. The summed E-state index contributed by atoms with van der Waals surface area (Å²) in [5, 5.41) is -0.465. The highest BCUT2D eigenvalue weighted by molar-refractivity contribution is 6.56. The Morgan fingerprint density at radius 2 is 1.28 bits per heavy atom. The molecule has 0 unspecified atom stereocenters. The molecule has 25 heavy (non-hydrogen) atoms. The molecule has 2 aromatic rings. The Balaban J connectivity index is 2.08. The van der Waals surface area contributed by atoms with Gasteiger partial charge in [-0.2, -0.15) is 0 Å². The number of anilines is 1. The van der Waals surface area contributed by atoms with E-state index in [4.69, 9.17) is 51.1 Å². The lowest BCUT2D eigenvalue weighted by Gasteiger charge is -2.14. The predicted molar refractivity (Wildman–Crippen MR) is 95.4 cm³/mol. The van der Waals surface area contributed by atoms with Crippen LogP contribution < -0.4 is 9.64 Å². The van der Waals surface area contributed by atoms with E-state index in [1.54, 1.807) is 0 Å². The van der Waals surface area contributed by atoms with E-state index in [-0.39, 0.29) is 42.7 Å². The van der Waals surface area contributed by atoms with Crippen molar-refractivity contribution < 1.29 is 19.1 Å². The molecule has 0 spiro atoms.